The maximum atomic E-state index is 12.3. The molecule has 3 rings (SSSR count). The molecular weight excluding hydrogens is 312 g/mol. The van der Waals surface area contributed by atoms with Crippen molar-refractivity contribution in [3.63, 3.8) is 0 Å². The number of rotatable bonds is 6. The summed E-state index contributed by atoms with van der Waals surface area (Å²) in [5, 5.41) is 2.77. The highest BCUT2D eigenvalue weighted by molar-refractivity contribution is 6.05. The van der Waals surface area contributed by atoms with Gasteiger partial charge in [-0.15, -0.1) is 0 Å². The highest BCUT2D eigenvalue weighted by Crippen LogP contribution is 2.37. The number of hydrogen-bond acceptors (Lipinski definition) is 5. The van der Waals surface area contributed by atoms with E-state index in [0.717, 1.165) is 38.5 Å². The topological polar surface area (TPSA) is 92.8 Å². The number of carbonyl (C=O) groups is 4. The smallest absolute Gasteiger partial charge is 0.308 e. The van der Waals surface area contributed by atoms with Crippen LogP contribution in [0, 0.1) is 11.8 Å². The van der Waals surface area contributed by atoms with E-state index in [2.05, 4.69) is 5.32 Å². The molecule has 3 amide bonds. The zero-order valence-corrected chi connectivity index (χ0v) is 14.0. The van der Waals surface area contributed by atoms with Gasteiger partial charge in [0.1, 0.15) is 0 Å². The molecule has 1 saturated heterocycles. The molecule has 3 fully saturated rings. The average molecular weight is 336 g/mol. The summed E-state index contributed by atoms with van der Waals surface area (Å²) in [7, 11) is 0. The molecule has 3 atom stereocenters. The first-order chi connectivity index (χ1) is 11.5. The van der Waals surface area contributed by atoms with Crippen LogP contribution in [-0.2, 0) is 23.9 Å². The van der Waals surface area contributed by atoms with Crippen LogP contribution < -0.4 is 5.32 Å². The normalized spacial score (nSPS) is 27.6. The minimum Gasteiger partial charge on any atom is -0.452 e. The van der Waals surface area contributed by atoms with E-state index in [4.69, 9.17) is 4.74 Å². The molecule has 0 bridgehead atoms. The lowest BCUT2D eigenvalue weighted by Crippen LogP contribution is -2.38. The van der Waals surface area contributed by atoms with Crippen molar-refractivity contribution in [1.82, 2.24) is 10.2 Å². The maximum Gasteiger partial charge on any atom is 0.308 e. The third-order valence-electron chi connectivity index (χ3n) is 5.07. The number of hydrogen-bond donors (Lipinski definition) is 1. The number of imide groups is 1. The Morgan fingerprint density at radius 2 is 1.71 bits per heavy atom. The lowest BCUT2D eigenvalue weighted by atomic mass is 9.81. The SMILES string of the molecule is C[C@H](OC(=O)CCN1C(=O)[C@H]2CCCC[C@@H]2C1=O)C(=O)NC1CC1. The summed E-state index contributed by atoms with van der Waals surface area (Å²) in [6.45, 7) is 1.57. The van der Waals surface area contributed by atoms with Crippen LogP contribution in [-0.4, -0.2) is 47.3 Å². The van der Waals surface area contributed by atoms with Gasteiger partial charge in [-0.2, -0.15) is 0 Å². The molecular formula is C17H24N2O5. The first-order valence-corrected chi connectivity index (χ1v) is 8.82. The Morgan fingerprint density at radius 3 is 2.25 bits per heavy atom. The highest BCUT2D eigenvalue weighted by atomic mass is 16.5. The molecule has 2 aliphatic carbocycles. The number of nitrogens with zero attached hydrogens (tertiary/aromatic N) is 1. The number of amides is 3. The standard InChI is InChI=1S/C17H24N2O5/c1-10(15(21)18-11-6-7-11)24-14(20)8-9-19-16(22)12-4-2-3-5-13(12)17(19)23/h10-13H,2-9H2,1H3,(H,18,21)/t10-,12-,13-/m0/s1. The summed E-state index contributed by atoms with van der Waals surface area (Å²) in [5.41, 5.74) is 0. The highest BCUT2D eigenvalue weighted by Gasteiger charge is 2.47. The van der Waals surface area contributed by atoms with Gasteiger partial charge in [0.25, 0.3) is 5.91 Å². The Labute approximate surface area is 141 Å². The van der Waals surface area contributed by atoms with Crippen LogP contribution in [0.2, 0.25) is 0 Å². The number of nitrogens with one attached hydrogen (secondary N) is 1. The largest absolute Gasteiger partial charge is 0.452 e. The third-order valence-corrected chi connectivity index (χ3v) is 5.07. The first kappa shape index (κ1) is 16.9. The minimum atomic E-state index is -0.856. The van der Waals surface area contributed by atoms with Crippen molar-refractivity contribution in [3.05, 3.63) is 0 Å². The van der Waals surface area contributed by atoms with Gasteiger partial charge in [0.05, 0.1) is 18.3 Å². The number of fused-ring (bicyclic) bond motifs is 1. The second-order valence-electron chi connectivity index (χ2n) is 6.99. The summed E-state index contributed by atoms with van der Waals surface area (Å²) < 4.78 is 5.09. The molecule has 1 heterocycles. The predicted octanol–water partition coefficient (Wildman–Crippen LogP) is 0.762. The summed E-state index contributed by atoms with van der Waals surface area (Å²) in [6, 6.07) is 0.210. The summed E-state index contributed by atoms with van der Waals surface area (Å²) in [5.74, 6) is -1.58. The number of likely N-dealkylation sites (tertiary alicyclic amines) is 1. The Kier molecular flexibility index (Phi) is 4.87. The molecule has 0 aromatic rings. The Morgan fingerprint density at radius 1 is 1.12 bits per heavy atom. The fourth-order valence-corrected chi connectivity index (χ4v) is 3.51. The molecule has 7 heteroatoms. The second kappa shape index (κ2) is 6.91. The van der Waals surface area contributed by atoms with Gasteiger partial charge in [-0.3, -0.25) is 24.1 Å². The van der Waals surface area contributed by atoms with Crippen LogP contribution in [0.5, 0.6) is 0 Å². The molecule has 3 aliphatic rings. The Hall–Kier alpha value is -1.92. The Balaban J connectivity index is 1.46. The van der Waals surface area contributed by atoms with Gasteiger partial charge in [0, 0.05) is 12.6 Å². The minimum absolute atomic E-state index is 0.0421. The van der Waals surface area contributed by atoms with Crippen molar-refractivity contribution in [2.75, 3.05) is 6.54 Å². The third kappa shape index (κ3) is 3.60. The molecule has 2 saturated carbocycles. The van der Waals surface area contributed by atoms with E-state index >= 15 is 0 Å². The van der Waals surface area contributed by atoms with E-state index in [1.807, 2.05) is 0 Å². The molecule has 7 nitrogen and oxygen atoms in total. The molecule has 0 radical (unpaired) electrons. The van der Waals surface area contributed by atoms with E-state index in [1.54, 1.807) is 0 Å². The molecule has 0 aromatic carbocycles. The van der Waals surface area contributed by atoms with Gasteiger partial charge >= 0.3 is 5.97 Å². The summed E-state index contributed by atoms with van der Waals surface area (Å²) >= 11 is 0. The van der Waals surface area contributed by atoms with E-state index in [9.17, 15) is 19.2 Å². The van der Waals surface area contributed by atoms with Gasteiger partial charge in [0.2, 0.25) is 11.8 Å². The van der Waals surface area contributed by atoms with Crippen LogP contribution in [0.4, 0.5) is 0 Å². The number of esters is 1. The summed E-state index contributed by atoms with van der Waals surface area (Å²) in [6.07, 6.45) is 4.47. The molecule has 0 aromatic heterocycles. The fourth-order valence-electron chi connectivity index (χ4n) is 3.51. The second-order valence-corrected chi connectivity index (χ2v) is 6.99. The first-order valence-electron chi connectivity index (χ1n) is 8.82. The van der Waals surface area contributed by atoms with Gasteiger partial charge in [-0.05, 0) is 32.6 Å². The van der Waals surface area contributed by atoms with E-state index < -0.39 is 12.1 Å². The number of carbonyl (C=O) groups excluding carboxylic acids is 4. The predicted molar refractivity (Wildman–Crippen MR) is 83.5 cm³/mol. The van der Waals surface area contributed by atoms with E-state index in [-0.39, 0.29) is 48.6 Å². The van der Waals surface area contributed by atoms with Crippen LogP contribution >= 0.6 is 0 Å². The van der Waals surface area contributed by atoms with Crippen LogP contribution in [0.25, 0.3) is 0 Å². The van der Waals surface area contributed by atoms with Crippen molar-refractivity contribution >= 4 is 23.7 Å². The van der Waals surface area contributed by atoms with Crippen LogP contribution in [0.3, 0.4) is 0 Å². The fraction of sp³-hybridized carbons (Fsp3) is 0.765. The molecule has 0 spiro atoms. The van der Waals surface area contributed by atoms with Crippen molar-refractivity contribution in [2.45, 2.75) is 64.0 Å². The van der Waals surface area contributed by atoms with E-state index in [1.165, 1.54) is 11.8 Å². The lowest BCUT2D eigenvalue weighted by molar-refractivity contribution is -0.155. The van der Waals surface area contributed by atoms with Crippen LogP contribution in [0.15, 0.2) is 0 Å². The van der Waals surface area contributed by atoms with Crippen molar-refractivity contribution < 1.29 is 23.9 Å². The molecule has 1 N–H and O–H groups in total. The monoisotopic (exact) mass is 336 g/mol. The van der Waals surface area contributed by atoms with Gasteiger partial charge in [0.15, 0.2) is 6.10 Å². The molecule has 1 aliphatic heterocycles. The van der Waals surface area contributed by atoms with Crippen molar-refractivity contribution in [3.8, 4) is 0 Å². The van der Waals surface area contributed by atoms with Crippen molar-refractivity contribution in [1.29, 1.82) is 0 Å². The van der Waals surface area contributed by atoms with E-state index in [0.29, 0.717) is 0 Å². The zero-order chi connectivity index (χ0) is 17.3. The van der Waals surface area contributed by atoms with Crippen molar-refractivity contribution in [2.24, 2.45) is 11.8 Å². The Bertz CT molecular complexity index is 533. The zero-order valence-electron chi connectivity index (χ0n) is 14.0. The molecule has 24 heavy (non-hydrogen) atoms. The lowest BCUT2D eigenvalue weighted by Gasteiger charge is -2.19. The maximum absolute atomic E-state index is 12.3. The molecule has 132 valence electrons. The van der Waals surface area contributed by atoms with Crippen LogP contribution in [0.1, 0.15) is 51.9 Å². The van der Waals surface area contributed by atoms with Gasteiger partial charge in [-0.25, -0.2) is 0 Å². The average Bonchev–Trinajstić information content (AvgIpc) is 3.34. The van der Waals surface area contributed by atoms with Gasteiger partial charge in [-0.1, -0.05) is 12.8 Å². The molecule has 0 unspecified atom stereocenters. The number of ether oxygens (including phenoxy) is 1. The summed E-state index contributed by atoms with van der Waals surface area (Å²) in [4.78, 5) is 49.5. The quantitative estimate of drug-likeness (QED) is 0.571. The van der Waals surface area contributed by atoms with Gasteiger partial charge < -0.3 is 10.1 Å².